The van der Waals surface area contributed by atoms with Gasteiger partial charge in [0, 0.05) is 0 Å². The van der Waals surface area contributed by atoms with Gasteiger partial charge in [0.1, 0.15) is 0 Å². The topological polar surface area (TPSA) is 74.6 Å². The van der Waals surface area contributed by atoms with Crippen LogP contribution < -0.4 is 0 Å². The first kappa shape index (κ1) is 25.3. The Labute approximate surface area is 219 Å². The van der Waals surface area contributed by atoms with Gasteiger partial charge in [-0.15, -0.1) is 0 Å². The smallest absolute Gasteiger partial charge is 0.336 e. The molecule has 2 saturated carbocycles. The van der Waals surface area contributed by atoms with Gasteiger partial charge in [0.2, 0.25) is 0 Å². The van der Waals surface area contributed by atoms with E-state index in [2.05, 4.69) is 13.0 Å². The molecule has 37 heavy (non-hydrogen) atoms. The molecule has 5 rings (SSSR count). The average molecular weight is 497 g/mol. The van der Waals surface area contributed by atoms with Gasteiger partial charge in [-0.2, -0.15) is 0 Å². The molecule has 0 bridgehead atoms. The average Bonchev–Trinajstić information content (AvgIpc) is 3.47. The first-order valence-corrected chi connectivity index (χ1v) is 13.9. The Hall–Kier alpha value is -3.40. The molecule has 3 aromatic carbocycles. The molecular weight excluding hydrogens is 460 g/mol. The van der Waals surface area contributed by atoms with Crippen LogP contribution in [0, 0.1) is 0 Å². The molecule has 3 aromatic rings. The summed E-state index contributed by atoms with van der Waals surface area (Å²) in [4.78, 5) is 24.9. The summed E-state index contributed by atoms with van der Waals surface area (Å²) in [5.74, 6) is -1.09. The number of hydrogen-bond acceptors (Lipinski definition) is 2. The van der Waals surface area contributed by atoms with Crippen LogP contribution in [0.1, 0.15) is 114 Å². The van der Waals surface area contributed by atoms with Gasteiger partial charge >= 0.3 is 11.9 Å². The van der Waals surface area contributed by atoms with Crippen molar-refractivity contribution in [3.63, 3.8) is 0 Å². The largest absolute Gasteiger partial charge is 0.478 e. The molecule has 0 spiro atoms. The van der Waals surface area contributed by atoms with Crippen molar-refractivity contribution >= 4 is 11.9 Å². The molecule has 0 unspecified atom stereocenters. The predicted octanol–water partition coefficient (Wildman–Crippen LogP) is 8.68. The maximum Gasteiger partial charge on any atom is 0.336 e. The van der Waals surface area contributed by atoms with Gasteiger partial charge in [-0.25, -0.2) is 9.59 Å². The van der Waals surface area contributed by atoms with Crippen molar-refractivity contribution in [2.75, 3.05) is 0 Å². The fourth-order valence-corrected chi connectivity index (χ4v) is 6.82. The minimum Gasteiger partial charge on any atom is -0.478 e. The van der Waals surface area contributed by atoms with Crippen LogP contribution in [-0.4, -0.2) is 22.2 Å². The van der Waals surface area contributed by atoms with Crippen molar-refractivity contribution in [2.24, 2.45) is 0 Å². The van der Waals surface area contributed by atoms with Gasteiger partial charge in [0.25, 0.3) is 0 Å². The number of aromatic carboxylic acids is 2. The van der Waals surface area contributed by atoms with Crippen molar-refractivity contribution in [2.45, 2.75) is 83.0 Å². The van der Waals surface area contributed by atoms with Crippen LogP contribution in [-0.2, 0) is 6.42 Å². The predicted molar refractivity (Wildman–Crippen MR) is 148 cm³/mol. The number of carboxylic acids is 2. The van der Waals surface area contributed by atoms with E-state index in [1.165, 1.54) is 43.2 Å². The molecule has 0 aromatic heterocycles. The summed E-state index contributed by atoms with van der Waals surface area (Å²) in [7, 11) is 0. The van der Waals surface area contributed by atoms with Gasteiger partial charge in [-0.3, -0.25) is 0 Å². The maximum absolute atomic E-state index is 12.5. The molecule has 192 valence electrons. The molecule has 0 atom stereocenters. The molecule has 2 aliphatic rings. The lowest BCUT2D eigenvalue weighted by atomic mass is 9.71. The van der Waals surface area contributed by atoms with Crippen LogP contribution in [0.4, 0.5) is 0 Å². The minimum absolute atomic E-state index is 0.259. The van der Waals surface area contributed by atoms with E-state index in [1.54, 1.807) is 24.3 Å². The zero-order chi connectivity index (χ0) is 25.9. The van der Waals surface area contributed by atoms with Gasteiger partial charge in [-0.1, -0.05) is 81.5 Å². The number of aryl methyl sites for hydroxylation is 1. The molecular formula is C33H36O4. The van der Waals surface area contributed by atoms with Crippen molar-refractivity contribution in [1.82, 2.24) is 0 Å². The van der Waals surface area contributed by atoms with Crippen molar-refractivity contribution < 1.29 is 19.8 Å². The third kappa shape index (κ3) is 4.82. The molecule has 4 heteroatoms. The first-order chi connectivity index (χ1) is 18.0. The molecule has 0 radical (unpaired) electrons. The first-order valence-electron chi connectivity index (χ1n) is 13.9. The maximum atomic E-state index is 12.5. The van der Waals surface area contributed by atoms with E-state index in [4.69, 9.17) is 0 Å². The minimum atomic E-state index is -0.964. The Morgan fingerprint density at radius 3 is 1.73 bits per heavy atom. The second-order valence-corrected chi connectivity index (χ2v) is 10.7. The molecule has 0 aliphatic heterocycles. The summed E-state index contributed by atoms with van der Waals surface area (Å²) in [6.45, 7) is 2.12. The van der Waals surface area contributed by atoms with Crippen molar-refractivity contribution in [1.29, 1.82) is 0 Å². The highest BCUT2D eigenvalue weighted by Crippen LogP contribution is 2.51. The lowest BCUT2D eigenvalue weighted by molar-refractivity contribution is 0.0686. The Morgan fingerprint density at radius 1 is 0.703 bits per heavy atom. The fourth-order valence-electron chi connectivity index (χ4n) is 6.82. The van der Waals surface area contributed by atoms with E-state index >= 15 is 0 Å². The number of carboxylic acid groups (broad SMARTS) is 2. The van der Waals surface area contributed by atoms with Gasteiger partial charge in [0.05, 0.1) is 11.1 Å². The highest BCUT2D eigenvalue weighted by Gasteiger charge is 2.32. The summed E-state index contributed by atoms with van der Waals surface area (Å²) in [6.07, 6.45) is 11.3. The highest BCUT2D eigenvalue weighted by molar-refractivity contribution is 6.04. The fraction of sp³-hybridized carbons (Fsp3) is 0.394. The molecule has 2 aliphatic carbocycles. The van der Waals surface area contributed by atoms with Crippen molar-refractivity contribution in [3.05, 3.63) is 82.4 Å². The van der Waals surface area contributed by atoms with E-state index in [0.717, 1.165) is 48.8 Å². The van der Waals surface area contributed by atoms with Gasteiger partial charge in [0.15, 0.2) is 0 Å². The van der Waals surface area contributed by atoms with Gasteiger partial charge in [-0.05, 0) is 95.0 Å². The lowest BCUT2D eigenvalue weighted by Crippen LogP contribution is -2.15. The van der Waals surface area contributed by atoms with Crippen LogP contribution in [0.5, 0.6) is 0 Å². The number of benzene rings is 3. The van der Waals surface area contributed by atoms with E-state index < -0.39 is 11.9 Å². The van der Waals surface area contributed by atoms with Crippen LogP contribution in [0.25, 0.3) is 22.3 Å². The zero-order valence-corrected chi connectivity index (χ0v) is 21.6. The Balaban J connectivity index is 1.95. The van der Waals surface area contributed by atoms with E-state index in [1.807, 2.05) is 24.3 Å². The monoisotopic (exact) mass is 496 g/mol. The third-order valence-electron chi connectivity index (χ3n) is 8.52. The Morgan fingerprint density at radius 2 is 1.19 bits per heavy atom. The Bertz CT molecular complexity index is 1310. The molecule has 0 heterocycles. The SMILES string of the molecule is CCc1cc(C2CCCC2)c(C2CCCCC2)c(-c2ccccc2C(=O)O)c1-c1ccccc1C(=O)O. The van der Waals surface area contributed by atoms with E-state index in [9.17, 15) is 19.8 Å². The summed E-state index contributed by atoms with van der Waals surface area (Å²) >= 11 is 0. The third-order valence-corrected chi connectivity index (χ3v) is 8.52. The molecule has 2 N–H and O–H groups in total. The van der Waals surface area contributed by atoms with Crippen LogP contribution in [0.2, 0.25) is 0 Å². The standard InChI is InChI=1S/C33H36O4/c1-2-21-20-28(22-12-6-7-13-22)30(23-14-4-3-5-15-23)31(25-17-9-11-19-27(25)33(36)37)29(21)24-16-8-10-18-26(24)32(34)35/h8-11,16-20,22-23H,2-7,12-15H2,1H3,(H,34,35)(H,36,37). The van der Waals surface area contributed by atoms with E-state index in [0.29, 0.717) is 23.0 Å². The summed E-state index contributed by atoms with van der Waals surface area (Å²) in [6, 6.07) is 16.9. The molecule has 2 fully saturated rings. The van der Waals surface area contributed by atoms with Crippen LogP contribution >= 0.6 is 0 Å². The summed E-state index contributed by atoms with van der Waals surface area (Å²) < 4.78 is 0. The quantitative estimate of drug-likeness (QED) is 0.343. The zero-order valence-electron chi connectivity index (χ0n) is 21.6. The second-order valence-electron chi connectivity index (χ2n) is 10.7. The van der Waals surface area contributed by atoms with Crippen LogP contribution in [0.15, 0.2) is 54.6 Å². The summed E-state index contributed by atoms with van der Waals surface area (Å²) in [5, 5.41) is 20.4. The van der Waals surface area contributed by atoms with E-state index in [-0.39, 0.29) is 11.1 Å². The molecule has 0 saturated heterocycles. The Kier molecular flexibility index (Phi) is 7.45. The molecule has 4 nitrogen and oxygen atoms in total. The lowest BCUT2D eigenvalue weighted by Gasteiger charge is -2.32. The van der Waals surface area contributed by atoms with Gasteiger partial charge < -0.3 is 10.2 Å². The summed E-state index contributed by atoms with van der Waals surface area (Å²) in [5.41, 5.74) is 7.55. The second kappa shape index (κ2) is 10.9. The highest BCUT2D eigenvalue weighted by atomic mass is 16.4. The molecule has 0 amide bonds. The normalized spacial score (nSPS) is 16.7. The van der Waals surface area contributed by atoms with Crippen LogP contribution in [0.3, 0.4) is 0 Å². The van der Waals surface area contributed by atoms with Crippen molar-refractivity contribution in [3.8, 4) is 22.3 Å². The number of hydrogen-bond donors (Lipinski definition) is 2. The number of rotatable bonds is 7. The number of carbonyl (C=O) groups is 2.